The number of nitrogens with two attached hydrogens (primary N) is 1. The average molecular weight is 409 g/mol. The Balaban J connectivity index is 1.94. The molecule has 1 aromatic carbocycles. The topological polar surface area (TPSA) is 128 Å². The molecular formula is C22H23N3O5. The molecule has 0 bridgehead atoms. The first-order valence-corrected chi connectivity index (χ1v) is 9.68. The Morgan fingerprint density at radius 3 is 2.80 bits per heavy atom. The maximum Gasteiger partial charge on any atom is 0.252 e. The minimum Gasteiger partial charge on any atom is -0.488 e. The molecule has 2 aromatic heterocycles. The molecule has 1 aliphatic rings. The van der Waals surface area contributed by atoms with Crippen LogP contribution in [0.1, 0.15) is 39.4 Å². The van der Waals surface area contributed by atoms with E-state index in [2.05, 4.69) is 10.3 Å². The van der Waals surface area contributed by atoms with E-state index in [4.69, 9.17) is 14.9 Å². The van der Waals surface area contributed by atoms with Crippen LogP contribution in [0.4, 0.5) is 0 Å². The fourth-order valence-electron chi connectivity index (χ4n) is 4.15. The molecule has 0 spiro atoms. The molecule has 1 unspecified atom stereocenters. The van der Waals surface area contributed by atoms with E-state index in [0.29, 0.717) is 41.0 Å². The van der Waals surface area contributed by atoms with E-state index in [0.717, 1.165) is 11.3 Å². The van der Waals surface area contributed by atoms with Gasteiger partial charge in [0.2, 0.25) is 5.91 Å². The summed E-state index contributed by atoms with van der Waals surface area (Å²) in [5.41, 5.74) is 7.11. The van der Waals surface area contributed by atoms with Crippen molar-refractivity contribution in [3.05, 3.63) is 58.6 Å². The number of ether oxygens (including phenoxy) is 1. The van der Waals surface area contributed by atoms with Crippen LogP contribution in [0.3, 0.4) is 0 Å². The van der Waals surface area contributed by atoms with Gasteiger partial charge in [-0.15, -0.1) is 0 Å². The lowest BCUT2D eigenvalue weighted by Crippen LogP contribution is -2.39. The molecule has 0 radical (unpaired) electrons. The quantitative estimate of drug-likeness (QED) is 0.570. The summed E-state index contributed by atoms with van der Waals surface area (Å²) in [5.74, 6) is -0.251. The molecule has 2 amide bonds. The van der Waals surface area contributed by atoms with E-state index in [1.807, 2.05) is 19.1 Å². The van der Waals surface area contributed by atoms with Gasteiger partial charge in [0.1, 0.15) is 29.1 Å². The number of pyridine rings is 1. The number of carbonyl (C=O) groups is 2. The summed E-state index contributed by atoms with van der Waals surface area (Å²) < 4.78 is 11.9. The van der Waals surface area contributed by atoms with Crippen LogP contribution in [0.2, 0.25) is 0 Å². The largest absolute Gasteiger partial charge is 0.488 e. The number of nitrogens with one attached hydrogen (secondary N) is 1. The number of aliphatic hydroxyl groups is 1. The molecule has 8 nitrogen and oxygen atoms in total. The summed E-state index contributed by atoms with van der Waals surface area (Å²) in [6.07, 6.45) is 2.06. The van der Waals surface area contributed by atoms with Crippen molar-refractivity contribution in [2.24, 2.45) is 5.73 Å². The highest BCUT2D eigenvalue weighted by Gasteiger charge is 2.47. The van der Waals surface area contributed by atoms with Crippen LogP contribution in [-0.2, 0) is 16.8 Å². The third kappa shape index (κ3) is 3.00. The van der Waals surface area contributed by atoms with Gasteiger partial charge in [-0.25, -0.2) is 0 Å². The van der Waals surface area contributed by atoms with Gasteiger partial charge >= 0.3 is 0 Å². The van der Waals surface area contributed by atoms with Gasteiger partial charge in [0.25, 0.3) is 5.91 Å². The van der Waals surface area contributed by atoms with E-state index in [1.165, 1.54) is 0 Å². The van der Waals surface area contributed by atoms with Gasteiger partial charge in [-0.2, -0.15) is 0 Å². The number of amides is 2. The van der Waals surface area contributed by atoms with E-state index in [-0.39, 0.29) is 18.1 Å². The van der Waals surface area contributed by atoms with Crippen LogP contribution in [0, 0.1) is 13.8 Å². The normalized spacial score (nSPS) is 18.6. The van der Waals surface area contributed by atoms with Gasteiger partial charge in [0.05, 0.1) is 12.2 Å². The smallest absolute Gasteiger partial charge is 0.252 e. The zero-order chi connectivity index (χ0) is 21.5. The van der Waals surface area contributed by atoms with Crippen molar-refractivity contribution in [3.8, 4) is 5.75 Å². The number of carbonyl (C=O) groups excluding carboxylic acids is 2. The molecule has 0 saturated carbocycles. The van der Waals surface area contributed by atoms with Gasteiger partial charge in [-0.05, 0) is 38.5 Å². The average Bonchev–Trinajstić information content (AvgIpc) is 3.26. The number of nitrogens with zero attached hydrogens (tertiary/aromatic N) is 1. The van der Waals surface area contributed by atoms with Crippen molar-refractivity contribution in [1.82, 2.24) is 10.3 Å². The van der Waals surface area contributed by atoms with Crippen molar-refractivity contribution in [2.75, 3.05) is 13.2 Å². The van der Waals surface area contributed by atoms with E-state index in [1.54, 1.807) is 25.3 Å². The summed E-state index contributed by atoms with van der Waals surface area (Å²) >= 11 is 0. The van der Waals surface area contributed by atoms with Gasteiger partial charge in [-0.3, -0.25) is 14.6 Å². The van der Waals surface area contributed by atoms with Crippen LogP contribution < -0.4 is 15.8 Å². The lowest BCUT2D eigenvalue weighted by Gasteiger charge is -2.27. The molecule has 4 rings (SSSR count). The summed E-state index contributed by atoms with van der Waals surface area (Å²) in [4.78, 5) is 29.3. The molecule has 0 aliphatic carbocycles. The van der Waals surface area contributed by atoms with E-state index >= 15 is 0 Å². The molecule has 8 heteroatoms. The van der Waals surface area contributed by atoms with Crippen LogP contribution in [0.5, 0.6) is 5.75 Å². The third-order valence-corrected chi connectivity index (χ3v) is 5.76. The van der Waals surface area contributed by atoms with E-state index in [9.17, 15) is 14.7 Å². The predicted octanol–water partition coefficient (Wildman–Crippen LogP) is 1.87. The lowest BCUT2D eigenvalue weighted by atomic mass is 9.76. The Hall–Kier alpha value is -3.39. The monoisotopic (exact) mass is 409 g/mol. The van der Waals surface area contributed by atoms with Gasteiger partial charge in [0.15, 0.2) is 0 Å². The Kier molecular flexibility index (Phi) is 4.95. The Morgan fingerprint density at radius 1 is 1.37 bits per heavy atom. The highest BCUT2D eigenvalue weighted by Crippen LogP contribution is 2.44. The maximum absolute atomic E-state index is 12.9. The second-order valence-electron chi connectivity index (χ2n) is 7.49. The van der Waals surface area contributed by atoms with Crippen LogP contribution >= 0.6 is 0 Å². The lowest BCUT2D eigenvalue weighted by molar-refractivity contribution is -0.125. The minimum atomic E-state index is -1.26. The molecule has 156 valence electrons. The molecule has 1 aliphatic heterocycles. The summed E-state index contributed by atoms with van der Waals surface area (Å²) in [7, 11) is 0. The first-order chi connectivity index (χ1) is 14.4. The zero-order valence-electron chi connectivity index (χ0n) is 16.8. The van der Waals surface area contributed by atoms with Crippen molar-refractivity contribution in [1.29, 1.82) is 0 Å². The summed E-state index contributed by atoms with van der Waals surface area (Å²) in [5, 5.41) is 13.5. The number of hydrogen-bond acceptors (Lipinski definition) is 6. The number of benzene rings is 1. The number of furan rings is 1. The highest BCUT2D eigenvalue weighted by atomic mass is 16.5. The number of rotatable bonds is 6. The van der Waals surface area contributed by atoms with Crippen molar-refractivity contribution >= 4 is 22.8 Å². The standard InChI is InChI=1S/C22H23N3O5/c1-12-14(4-3-8-24-12)10-29-16-6-5-15-18(17(20(23)27)13(2)30-15)19(16)22(11-26)7-9-25-21(22)28/h3-6,8,26H,7,9-11H2,1-2H3,(H2,23,27)(H,25,28). The molecule has 4 N–H and O–H groups in total. The van der Waals surface area contributed by atoms with Crippen LogP contribution in [-0.4, -0.2) is 35.1 Å². The molecule has 3 aromatic rings. The van der Waals surface area contributed by atoms with Gasteiger partial charge in [-0.1, -0.05) is 6.07 Å². The van der Waals surface area contributed by atoms with Gasteiger partial charge in [0, 0.05) is 34.9 Å². The summed E-state index contributed by atoms with van der Waals surface area (Å²) in [6.45, 7) is 3.70. The Labute approximate surface area is 173 Å². The number of aromatic nitrogens is 1. The second-order valence-corrected chi connectivity index (χ2v) is 7.49. The van der Waals surface area contributed by atoms with Crippen LogP contribution in [0.25, 0.3) is 11.0 Å². The Morgan fingerprint density at radius 2 is 2.17 bits per heavy atom. The van der Waals surface area contributed by atoms with Crippen molar-refractivity contribution in [2.45, 2.75) is 32.3 Å². The number of primary amides is 1. The predicted molar refractivity (Wildman–Crippen MR) is 109 cm³/mol. The van der Waals surface area contributed by atoms with Gasteiger partial charge < -0.3 is 25.3 Å². The number of hydrogen-bond donors (Lipinski definition) is 3. The number of aliphatic hydroxyl groups excluding tert-OH is 1. The minimum absolute atomic E-state index is 0.190. The molecule has 3 heterocycles. The number of aryl methyl sites for hydroxylation is 2. The fraction of sp³-hybridized carbons (Fsp3) is 0.318. The van der Waals surface area contributed by atoms with Crippen molar-refractivity contribution < 1.29 is 23.8 Å². The zero-order valence-corrected chi connectivity index (χ0v) is 16.8. The third-order valence-electron chi connectivity index (χ3n) is 5.76. The first-order valence-electron chi connectivity index (χ1n) is 9.68. The maximum atomic E-state index is 12.9. The molecule has 1 saturated heterocycles. The molecular weight excluding hydrogens is 386 g/mol. The highest BCUT2D eigenvalue weighted by molar-refractivity contribution is 6.10. The van der Waals surface area contributed by atoms with E-state index < -0.39 is 17.9 Å². The Bertz CT molecular complexity index is 1150. The molecule has 30 heavy (non-hydrogen) atoms. The first kappa shape index (κ1) is 19.9. The fourth-order valence-corrected chi connectivity index (χ4v) is 4.15. The second kappa shape index (κ2) is 7.46. The van der Waals surface area contributed by atoms with Crippen molar-refractivity contribution in [3.63, 3.8) is 0 Å². The SMILES string of the molecule is Cc1ncccc1COc1ccc2oc(C)c(C(N)=O)c2c1C1(CO)CCNC1=O. The molecule has 1 atom stereocenters. The van der Waals surface area contributed by atoms with Crippen LogP contribution in [0.15, 0.2) is 34.9 Å². The summed E-state index contributed by atoms with van der Waals surface area (Å²) in [6, 6.07) is 7.10. The number of fused-ring (bicyclic) bond motifs is 1. The molecule has 1 fully saturated rings.